The maximum absolute atomic E-state index is 13.7. The van der Waals surface area contributed by atoms with Crippen LogP contribution in [0, 0.1) is 18.7 Å². The third-order valence-electron chi connectivity index (χ3n) is 6.54. The largest absolute Gasteiger partial charge is 0.416 e. The van der Waals surface area contributed by atoms with Crippen molar-refractivity contribution in [2.24, 2.45) is 5.92 Å². The zero-order chi connectivity index (χ0) is 28.6. The van der Waals surface area contributed by atoms with Crippen LogP contribution in [0.4, 0.5) is 30.7 Å². The number of hydrogen-bond acceptors (Lipinski definition) is 3. The third-order valence-corrected chi connectivity index (χ3v) is 8.01. The van der Waals surface area contributed by atoms with Crippen LogP contribution in [0.5, 0.6) is 0 Å². The highest BCUT2D eigenvalue weighted by Crippen LogP contribution is 2.39. The van der Waals surface area contributed by atoms with Crippen molar-refractivity contribution in [3.63, 3.8) is 0 Å². The van der Waals surface area contributed by atoms with Crippen LogP contribution in [0.1, 0.15) is 40.2 Å². The van der Waals surface area contributed by atoms with Crippen molar-refractivity contribution in [1.29, 1.82) is 0 Å². The molecule has 38 heavy (non-hydrogen) atoms. The summed E-state index contributed by atoms with van der Waals surface area (Å²) >= 11 is 0. The van der Waals surface area contributed by atoms with E-state index in [0.717, 1.165) is 20.7 Å². The summed E-state index contributed by atoms with van der Waals surface area (Å²) in [6, 6.07) is 4.94. The molecule has 1 amide bonds. The average Bonchev–Trinajstić information content (AvgIpc) is 2.82. The molecule has 0 saturated carbocycles. The SMILES string of the molecule is C=CS(=O)(=O)N1CCC(C(=O)N(C)Cc2cc(C(F)(F)F)cc(C(F)(F)F)c2)C(c2ccc(F)cc2C)C1. The smallest absolute Gasteiger partial charge is 0.341 e. The van der Waals surface area contributed by atoms with Gasteiger partial charge in [-0.05, 0) is 60.4 Å². The monoisotopic (exact) mass is 566 g/mol. The van der Waals surface area contributed by atoms with Gasteiger partial charge in [0.25, 0.3) is 0 Å². The number of hydrogen-bond donors (Lipinski definition) is 0. The molecule has 2 unspecified atom stereocenters. The van der Waals surface area contributed by atoms with Crippen molar-refractivity contribution in [3.8, 4) is 0 Å². The second-order valence-electron chi connectivity index (χ2n) is 9.18. The molecule has 1 fully saturated rings. The van der Waals surface area contributed by atoms with Gasteiger partial charge in [0.05, 0.1) is 11.1 Å². The molecule has 1 saturated heterocycles. The molecular formula is C25H25F7N2O3S. The minimum Gasteiger partial charge on any atom is -0.341 e. The van der Waals surface area contributed by atoms with Crippen molar-refractivity contribution in [3.05, 3.63) is 82.0 Å². The van der Waals surface area contributed by atoms with Crippen LogP contribution in [-0.4, -0.2) is 43.7 Å². The molecule has 0 aliphatic carbocycles. The van der Waals surface area contributed by atoms with Gasteiger partial charge in [-0.25, -0.2) is 12.8 Å². The quantitative estimate of drug-likeness (QED) is 0.421. The van der Waals surface area contributed by atoms with Gasteiger partial charge in [0, 0.05) is 43.9 Å². The fourth-order valence-electron chi connectivity index (χ4n) is 4.67. The number of rotatable bonds is 6. The summed E-state index contributed by atoms with van der Waals surface area (Å²) < 4.78 is 119. The van der Waals surface area contributed by atoms with E-state index in [2.05, 4.69) is 6.58 Å². The molecule has 208 valence electrons. The molecule has 1 aliphatic rings. The van der Waals surface area contributed by atoms with Gasteiger partial charge in [-0.3, -0.25) is 4.79 Å². The maximum Gasteiger partial charge on any atom is 0.416 e. The Labute approximate surface area is 215 Å². The van der Waals surface area contributed by atoms with Gasteiger partial charge in [0.1, 0.15) is 5.82 Å². The summed E-state index contributed by atoms with van der Waals surface area (Å²) in [6.45, 7) is 4.13. The van der Waals surface area contributed by atoms with Crippen LogP contribution >= 0.6 is 0 Å². The average molecular weight is 567 g/mol. The first-order valence-electron chi connectivity index (χ1n) is 11.4. The Hall–Kier alpha value is -2.93. The Morgan fingerprint density at radius 1 is 1.08 bits per heavy atom. The molecule has 0 radical (unpaired) electrons. The molecule has 0 bridgehead atoms. The molecule has 2 aromatic rings. The van der Waals surface area contributed by atoms with E-state index in [1.807, 2.05) is 0 Å². The van der Waals surface area contributed by atoms with Crippen LogP contribution in [-0.2, 0) is 33.7 Å². The van der Waals surface area contributed by atoms with E-state index in [0.29, 0.717) is 23.3 Å². The maximum atomic E-state index is 13.7. The fraction of sp³-hybridized carbons (Fsp3) is 0.400. The van der Waals surface area contributed by atoms with Gasteiger partial charge in [-0.2, -0.15) is 30.6 Å². The number of carbonyl (C=O) groups is 1. The highest BCUT2D eigenvalue weighted by Gasteiger charge is 2.41. The number of halogens is 7. The van der Waals surface area contributed by atoms with Crippen LogP contribution in [0.15, 0.2) is 48.4 Å². The summed E-state index contributed by atoms with van der Waals surface area (Å²) in [5, 5.41) is 0.766. The topological polar surface area (TPSA) is 57.7 Å². The molecule has 2 aromatic carbocycles. The third kappa shape index (κ3) is 6.55. The van der Waals surface area contributed by atoms with E-state index in [4.69, 9.17) is 0 Å². The number of aryl methyl sites for hydroxylation is 1. The Kier molecular flexibility index (Phi) is 8.32. The van der Waals surface area contributed by atoms with Crippen LogP contribution in [0.25, 0.3) is 0 Å². The second kappa shape index (κ2) is 10.7. The molecule has 2 atom stereocenters. The molecule has 1 aliphatic heterocycles. The lowest BCUT2D eigenvalue weighted by atomic mass is 9.79. The Morgan fingerprint density at radius 3 is 2.16 bits per heavy atom. The molecule has 5 nitrogen and oxygen atoms in total. The van der Waals surface area contributed by atoms with Gasteiger partial charge in [0.15, 0.2) is 0 Å². The van der Waals surface area contributed by atoms with Crippen LogP contribution in [0.2, 0.25) is 0 Å². The lowest BCUT2D eigenvalue weighted by Gasteiger charge is -2.39. The number of sulfonamides is 1. The van der Waals surface area contributed by atoms with E-state index >= 15 is 0 Å². The molecule has 1 heterocycles. The highest BCUT2D eigenvalue weighted by molar-refractivity contribution is 7.92. The Balaban J connectivity index is 1.95. The van der Waals surface area contributed by atoms with Crippen molar-refractivity contribution in [2.75, 3.05) is 20.1 Å². The van der Waals surface area contributed by atoms with E-state index in [1.54, 1.807) is 6.92 Å². The number of piperidine rings is 1. The zero-order valence-electron chi connectivity index (χ0n) is 20.4. The number of amides is 1. The lowest BCUT2D eigenvalue weighted by Crippen LogP contribution is -2.47. The fourth-order valence-corrected chi connectivity index (χ4v) is 5.61. The highest BCUT2D eigenvalue weighted by atomic mass is 32.2. The minimum absolute atomic E-state index is 0.00836. The first-order chi connectivity index (χ1) is 17.4. The van der Waals surface area contributed by atoms with Crippen molar-refractivity contribution in [1.82, 2.24) is 9.21 Å². The first kappa shape index (κ1) is 29.6. The normalized spacial score (nSPS) is 19.3. The number of benzene rings is 2. The lowest BCUT2D eigenvalue weighted by molar-refractivity contribution is -0.143. The van der Waals surface area contributed by atoms with E-state index in [-0.39, 0.29) is 31.1 Å². The summed E-state index contributed by atoms with van der Waals surface area (Å²) in [4.78, 5) is 14.5. The number of nitrogens with zero attached hydrogens (tertiary/aromatic N) is 2. The van der Waals surface area contributed by atoms with E-state index in [9.17, 15) is 43.9 Å². The summed E-state index contributed by atoms with van der Waals surface area (Å²) in [7, 11) is -2.61. The standard InChI is InChI=1S/C25H25F7N2O3S/c1-4-38(36,37)34-8-7-21(22(14-34)20-6-5-19(26)9-15(20)2)23(35)33(3)13-16-10-17(24(27,28)29)12-18(11-16)25(30,31)32/h4-6,9-12,21-22H,1,7-8,13-14H2,2-3H3. The van der Waals surface area contributed by atoms with Gasteiger partial charge >= 0.3 is 12.4 Å². The van der Waals surface area contributed by atoms with Crippen molar-refractivity contribution >= 4 is 15.9 Å². The van der Waals surface area contributed by atoms with Crippen LogP contribution in [0.3, 0.4) is 0 Å². The predicted molar refractivity (Wildman–Crippen MR) is 126 cm³/mol. The second-order valence-corrected chi connectivity index (χ2v) is 11.1. The molecule has 0 aromatic heterocycles. The molecule has 0 N–H and O–H groups in total. The van der Waals surface area contributed by atoms with E-state index < -0.39 is 63.6 Å². The number of carbonyl (C=O) groups excluding carboxylic acids is 1. The Morgan fingerprint density at radius 2 is 1.66 bits per heavy atom. The summed E-state index contributed by atoms with van der Waals surface area (Å²) in [5.41, 5.74) is -2.40. The summed E-state index contributed by atoms with van der Waals surface area (Å²) in [6.07, 6.45) is -10.0. The van der Waals surface area contributed by atoms with Crippen molar-refractivity contribution < 1.29 is 43.9 Å². The van der Waals surface area contributed by atoms with Crippen LogP contribution < -0.4 is 0 Å². The van der Waals surface area contributed by atoms with Crippen molar-refractivity contribution in [2.45, 2.75) is 38.2 Å². The van der Waals surface area contributed by atoms with Gasteiger partial charge in [-0.1, -0.05) is 12.6 Å². The molecule has 13 heteroatoms. The van der Waals surface area contributed by atoms with E-state index in [1.165, 1.54) is 19.2 Å². The summed E-state index contributed by atoms with van der Waals surface area (Å²) in [5.74, 6) is -2.75. The molecule has 3 rings (SSSR count). The Bertz CT molecular complexity index is 1290. The zero-order valence-corrected chi connectivity index (χ0v) is 21.2. The van der Waals surface area contributed by atoms with Gasteiger partial charge in [-0.15, -0.1) is 0 Å². The predicted octanol–water partition coefficient (Wildman–Crippen LogP) is 5.71. The molecule has 0 spiro atoms. The minimum atomic E-state index is -5.03. The molecular weight excluding hydrogens is 541 g/mol. The number of alkyl halides is 6. The van der Waals surface area contributed by atoms with Gasteiger partial charge in [0.2, 0.25) is 15.9 Å². The first-order valence-corrected chi connectivity index (χ1v) is 12.9. The van der Waals surface area contributed by atoms with Gasteiger partial charge < -0.3 is 4.90 Å².